The van der Waals surface area contributed by atoms with Crippen LogP contribution in [0.1, 0.15) is 5.56 Å². The molecule has 0 aromatic heterocycles. The van der Waals surface area contributed by atoms with E-state index in [-0.39, 0.29) is 5.70 Å². The number of hydrogen-bond acceptors (Lipinski definition) is 3. The highest BCUT2D eigenvalue weighted by atomic mass is 15.1. The number of benzene rings is 3. The van der Waals surface area contributed by atoms with Gasteiger partial charge in [-0.25, -0.2) is 10.1 Å². The van der Waals surface area contributed by atoms with Gasteiger partial charge in [0, 0.05) is 19.8 Å². The summed E-state index contributed by atoms with van der Waals surface area (Å²) in [4.78, 5) is 5.25. The van der Waals surface area contributed by atoms with Crippen LogP contribution >= 0.6 is 0 Å². The summed E-state index contributed by atoms with van der Waals surface area (Å²) in [6.07, 6.45) is 0. The molecule has 0 saturated heterocycles. The predicted molar refractivity (Wildman–Crippen MR) is 114 cm³/mol. The highest BCUT2D eigenvalue weighted by Crippen LogP contribution is 2.16. The summed E-state index contributed by atoms with van der Waals surface area (Å²) in [6.45, 7) is 7.04. The van der Waals surface area contributed by atoms with Crippen molar-refractivity contribution in [3.8, 4) is 12.1 Å². The van der Waals surface area contributed by atoms with Crippen LogP contribution in [0.2, 0.25) is 0 Å². The van der Waals surface area contributed by atoms with Gasteiger partial charge in [-0.3, -0.25) is 0 Å². The van der Waals surface area contributed by atoms with E-state index in [9.17, 15) is 5.26 Å². The zero-order valence-corrected chi connectivity index (χ0v) is 16.2. The van der Waals surface area contributed by atoms with Gasteiger partial charge in [0.15, 0.2) is 0 Å². The first kappa shape index (κ1) is 19.4. The van der Waals surface area contributed by atoms with Crippen molar-refractivity contribution in [1.82, 2.24) is 0 Å². The second kappa shape index (κ2) is 8.57. The van der Waals surface area contributed by atoms with Crippen LogP contribution in [0.15, 0.2) is 72.8 Å². The van der Waals surface area contributed by atoms with Gasteiger partial charge in [-0.1, -0.05) is 60.7 Å². The Kier molecular flexibility index (Phi) is 5.74. The molecule has 3 aromatic rings. The van der Waals surface area contributed by atoms with Crippen LogP contribution in [0.4, 0.5) is 5.69 Å². The fraction of sp³-hybridized carbons (Fsp3) is 0.0800. The van der Waals surface area contributed by atoms with Gasteiger partial charge in [0.25, 0.3) is 5.70 Å². The average Bonchev–Trinajstić information content (AvgIpc) is 2.76. The Morgan fingerprint density at radius 3 is 1.69 bits per heavy atom. The Balaban J connectivity index is 2.10. The molecule has 0 aliphatic rings. The summed E-state index contributed by atoms with van der Waals surface area (Å²) in [5, 5.41) is 22.1. The molecule has 4 nitrogen and oxygen atoms in total. The van der Waals surface area contributed by atoms with E-state index in [4.69, 9.17) is 11.8 Å². The van der Waals surface area contributed by atoms with Gasteiger partial charge in [0.1, 0.15) is 6.07 Å². The summed E-state index contributed by atoms with van der Waals surface area (Å²) >= 11 is 0. The van der Waals surface area contributed by atoms with Gasteiger partial charge < -0.3 is 4.90 Å². The van der Waals surface area contributed by atoms with Crippen molar-refractivity contribution in [2.45, 2.75) is 0 Å². The number of anilines is 1. The lowest BCUT2D eigenvalue weighted by Gasteiger charge is -2.12. The van der Waals surface area contributed by atoms with Crippen LogP contribution in [0, 0.1) is 39.7 Å². The molecule has 0 N–H and O–H groups in total. The van der Waals surface area contributed by atoms with Crippen LogP contribution in [0.3, 0.4) is 0 Å². The highest BCUT2D eigenvalue weighted by molar-refractivity contribution is 5.77. The Bertz CT molecular complexity index is 1330. The SMILES string of the molecule is [C-]#[N+]C(C#N)=c1ccc(=c2ccc(=C(C#N)c3ccc(N(C)C)cc3)cc2)cc1. The molecule has 0 heterocycles. The first-order valence-corrected chi connectivity index (χ1v) is 8.98. The quantitative estimate of drug-likeness (QED) is 0.647. The smallest absolute Gasteiger partial charge is 0.268 e. The van der Waals surface area contributed by atoms with Crippen molar-refractivity contribution in [3.63, 3.8) is 0 Å². The molecule has 3 aromatic carbocycles. The van der Waals surface area contributed by atoms with E-state index in [1.165, 1.54) is 0 Å². The van der Waals surface area contributed by atoms with Crippen molar-refractivity contribution in [2.75, 3.05) is 19.0 Å². The van der Waals surface area contributed by atoms with Crippen LogP contribution < -0.4 is 15.3 Å². The second-order valence-corrected chi connectivity index (χ2v) is 6.66. The predicted octanol–water partition coefficient (Wildman–Crippen LogP) is 3.31. The standard InChI is InChI=1S/C25H18N4/c1-28-25(17-27)22-10-6-19(7-11-22)18-4-8-20(9-5-18)24(16-26)21-12-14-23(15-13-21)29(2)3/h4-15H,2-3H3. The summed E-state index contributed by atoms with van der Waals surface area (Å²) in [5.41, 5.74) is 2.68. The molecule has 0 unspecified atom stereocenters. The third-order valence-electron chi connectivity index (χ3n) is 4.67. The van der Waals surface area contributed by atoms with Crippen LogP contribution in [0.5, 0.6) is 0 Å². The molecule has 0 amide bonds. The van der Waals surface area contributed by atoms with Gasteiger partial charge in [0.2, 0.25) is 0 Å². The maximum atomic E-state index is 9.68. The lowest BCUT2D eigenvalue weighted by Crippen LogP contribution is -2.09. The van der Waals surface area contributed by atoms with Crippen LogP contribution in [0.25, 0.3) is 16.1 Å². The lowest BCUT2D eigenvalue weighted by molar-refractivity contribution is 1.13. The van der Waals surface area contributed by atoms with Crippen LogP contribution in [-0.4, -0.2) is 14.1 Å². The molecule has 0 fully saturated rings. The summed E-state index contributed by atoms with van der Waals surface area (Å²) in [5.74, 6) is 0. The molecule has 3 rings (SSSR count). The first-order valence-electron chi connectivity index (χ1n) is 8.98. The van der Waals surface area contributed by atoms with E-state index in [1.807, 2.05) is 85.7 Å². The zero-order valence-electron chi connectivity index (χ0n) is 16.2. The molecule has 0 saturated carbocycles. The summed E-state index contributed by atoms with van der Waals surface area (Å²) in [6, 6.07) is 27.3. The van der Waals surface area contributed by atoms with Gasteiger partial charge in [-0.05, 0) is 38.6 Å². The maximum absolute atomic E-state index is 9.68. The minimum absolute atomic E-state index is 0.0837. The first-order chi connectivity index (χ1) is 14.1. The van der Waals surface area contributed by atoms with E-state index >= 15 is 0 Å². The molecular weight excluding hydrogens is 356 g/mol. The molecule has 138 valence electrons. The van der Waals surface area contributed by atoms with E-state index in [2.05, 4.69) is 10.9 Å². The molecular formula is C25H18N4. The third-order valence-corrected chi connectivity index (χ3v) is 4.67. The van der Waals surface area contributed by atoms with Crippen molar-refractivity contribution >= 4 is 17.0 Å². The maximum Gasteiger partial charge on any atom is 0.268 e. The largest absolute Gasteiger partial charge is 0.378 e. The van der Waals surface area contributed by atoms with Crippen LogP contribution in [-0.2, 0) is 0 Å². The van der Waals surface area contributed by atoms with E-state index in [0.717, 1.165) is 26.9 Å². The van der Waals surface area contributed by atoms with E-state index in [1.54, 1.807) is 12.1 Å². The molecule has 0 radical (unpaired) electrons. The highest BCUT2D eigenvalue weighted by Gasteiger charge is 2.03. The zero-order chi connectivity index (χ0) is 20.8. The summed E-state index contributed by atoms with van der Waals surface area (Å²) in [7, 11) is 3.96. The molecule has 0 spiro atoms. The normalized spacial score (nSPS) is 9.62. The summed E-state index contributed by atoms with van der Waals surface area (Å²) < 4.78 is 0. The van der Waals surface area contributed by atoms with Gasteiger partial charge in [0.05, 0.1) is 18.2 Å². The van der Waals surface area contributed by atoms with Gasteiger partial charge in [-0.2, -0.15) is 5.26 Å². The van der Waals surface area contributed by atoms with E-state index in [0.29, 0.717) is 10.8 Å². The van der Waals surface area contributed by atoms with Crippen molar-refractivity contribution in [2.24, 2.45) is 0 Å². The number of nitrogens with zero attached hydrogens (tertiary/aromatic N) is 4. The minimum atomic E-state index is 0.0837. The van der Waals surface area contributed by atoms with Gasteiger partial charge in [-0.15, -0.1) is 0 Å². The fourth-order valence-electron chi connectivity index (χ4n) is 3.03. The molecule has 0 atom stereocenters. The third kappa shape index (κ3) is 4.16. The van der Waals surface area contributed by atoms with Crippen molar-refractivity contribution in [1.29, 1.82) is 10.5 Å². The minimum Gasteiger partial charge on any atom is -0.378 e. The number of nitriles is 2. The molecule has 4 heteroatoms. The molecule has 0 bridgehead atoms. The van der Waals surface area contributed by atoms with Gasteiger partial charge >= 0.3 is 0 Å². The van der Waals surface area contributed by atoms with Crippen molar-refractivity contribution in [3.05, 3.63) is 111 Å². The number of hydrogen-bond donors (Lipinski definition) is 0. The van der Waals surface area contributed by atoms with E-state index < -0.39 is 0 Å². The molecule has 29 heavy (non-hydrogen) atoms. The van der Waals surface area contributed by atoms with Crippen molar-refractivity contribution < 1.29 is 0 Å². The Hall–Kier alpha value is -4.33. The monoisotopic (exact) mass is 374 g/mol. The topological polar surface area (TPSA) is 55.2 Å². The molecule has 0 aliphatic carbocycles. The second-order valence-electron chi connectivity index (χ2n) is 6.66. The Labute approximate surface area is 169 Å². The Morgan fingerprint density at radius 2 is 1.28 bits per heavy atom. The lowest BCUT2D eigenvalue weighted by atomic mass is 10.0. The fourth-order valence-corrected chi connectivity index (χ4v) is 3.03. The molecule has 0 aliphatic heterocycles. The number of rotatable bonds is 2. The Morgan fingerprint density at radius 1 is 0.759 bits per heavy atom. The average molecular weight is 374 g/mol.